The number of methoxy groups -OCH3 is 4. The van der Waals surface area contributed by atoms with Gasteiger partial charge in [0.05, 0.1) is 39.4 Å². The molecule has 20 heteroatoms. The van der Waals surface area contributed by atoms with Crippen LogP contribution in [0.25, 0.3) is 11.2 Å². The molecule has 0 spiro atoms. The molecule has 8 aromatic rings. The monoisotopic (exact) mass is 1290 g/mol. The third kappa shape index (κ3) is 17.4. The summed E-state index contributed by atoms with van der Waals surface area (Å²) in [6.45, 7) is 2.86. The molecule has 2 aliphatic rings. The summed E-state index contributed by atoms with van der Waals surface area (Å²) in [4.78, 5) is 76.2. The molecule has 2 N–H and O–H groups in total. The number of hydrogen-bond donors (Lipinski definition) is 2. The van der Waals surface area contributed by atoms with Gasteiger partial charge in [-0.2, -0.15) is 4.98 Å². The van der Waals surface area contributed by atoms with Crippen molar-refractivity contribution in [3.8, 4) is 11.5 Å². The summed E-state index contributed by atoms with van der Waals surface area (Å²) in [5.41, 5.74) is 2.14. The van der Waals surface area contributed by atoms with Crippen molar-refractivity contribution in [2.75, 3.05) is 58.8 Å². The average molecular weight is 1290 g/mol. The third-order valence-electron chi connectivity index (χ3n) is 18.4. The molecular weight excluding hydrogens is 1200 g/mol. The largest absolute Gasteiger partial charge is 0.497 e. The molecule has 2 saturated heterocycles. The van der Waals surface area contributed by atoms with Crippen molar-refractivity contribution < 1.29 is 47.5 Å². The molecule has 0 radical (unpaired) electrons. The number of carbonyl (C=O) groups excluding carboxylic acids is 3. The van der Waals surface area contributed by atoms with E-state index in [9.17, 15) is 14.4 Å². The van der Waals surface area contributed by atoms with Crippen molar-refractivity contribution >= 4 is 40.5 Å². The molecule has 5 aromatic carbocycles. The number of hydrogen-bond acceptors (Lipinski definition) is 15. The van der Waals surface area contributed by atoms with E-state index in [0.717, 1.165) is 42.4 Å². The smallest absolute Gasteiger partial charge is 0.351 e. The Labute approximate surface area is 557 Å². The summed E-state index contributed by atoms with van der Waals surface area (Å²) < 4.78 is 48.6. The van der Waals surface area contributed by atoms with Gasteiger partial charge in [0.2, 0.25) is 5.91 Å². The number of carbonyl (C=O) groups is 3. The summed E-state index contributed by atoms with van der Waals surface area (Å²) >= 11 is 0. The molecule has 2 fully saturated rings. The fourth-order valence-corrected chi connectivity index (χ4v) is 13.2. The van der Waals surface area contributed by atoms with Gasteiger partial charge in [-0.25, -0.2) is 19.7 Å². The molecule has 5 heterocycles. The molecule has 95 heavy (non-hydrogen) atoms. The van der Waals surface area contributed by atoms with Crippen molar-refractivity contribution in [1.29, 1.82) is 0 Å². The first kappa shape index (κ1) is 69.2. The first-order valence-corrected chi connectivity index (χ1v) is 33.7. The van der Waals surface area contributed by atoms with Crippen LogP contribution in [0.2, 0.25) is 0 Å². The van der Waals surface area contributed by atoms with Crippen molar-refractivity contribution in [3.05, 3.63) is 203 Å². The number of amides is 3. The predicted octanol–water partition coefficient (Wildman–Crippen LogP) is 13.5. The summed E-state index contributed by atoms with van der Waals surface area (Å²) in [5, 5.41) is 5.64. The fourth-order valence-electron chi connectivity index (χ4n) is 13.2. The van der Waals surface area contributed by atoms with Crippen LogP contribution in [0.1, 0.15) is 166 Å². The molecule has 502 valence electrons. The number of rotatable bonds is 36. The normalized spacial score (nSPS) is 18.6. The maximum Gasteiger partial charge on any atom is 0.351 e. The Bertz CT molecular complexity index is 3700. The lowest BCUT2D eigenvalue weighted by Gasteiger charge is -2.37. The fraction of sp³-hybridized carbons (Fsp3) is 0.440. The van der Waals surface area contributed by atoms with E-state index in [1.54, 1.807) is 100 Å². The van der Waals surface area contributed by atoms with Gasteiger partial charge >= 0.3 is 5.69 Å². The van der Waals surface area contributed by atoms with Crippen LogP contribution in [0.3, 0.4) is 0 Å². The number of unbranched alkanes of at least 4 members (excludes halogenated alkanes) is 14. The van der Waals surface area contributed by atoms with Crippen LogP contribution in [0, 0.1) is 5.92 Å². The maximum atomic E-state index is 15.8. The molecule has 3 amide bonds. The summed E-state index contributed by atoms with van der Waals surface area (Å²) in [7, 11) is 6.44. The zero-order valence-electron chi connectivity index (χ0n) is 55.4. The summed E-state index contributed by atoms with van der Waals surface area (Å²) in [5.74, 6) is 0.0798. The Morgan fingerprint density at radius 2 is 1.15 bits per heavy atom. The molecular formula is C75H91N9O11. The highest BCUT2D eigenvalue weighted by Gasteiger charge is 2.50. The van der Waals surface area contributed by atoms with Crippen LogP contribution in [0.4, 0.5) is 11.6 Å². The second kappa shape index (κ2) is 34.7. The van der Waals surface area contributed by atoms with Crippen molar-refractivity contribution in [1.82, 2.24) is 34.0 Å². The number of aromatic nitrogens is 6. The van der Waals surface area contributed by atoms with Gasteiger partial charge in [-0.1, -0.05) is 188 Å². The van der Waals surface area contributed by atoms with E-state index in [1.807, 2.05) is 95.9 Å². The number of fused-ring (bicyclic) bond motifs is 1. The third-order valence-corrected chi connectivity index (χ3v) is 18.4. The van der Waals surface area contributed by atoms with E-state index in [0.29, 0.717) is 46.8 Å². The molecule has 0 bridgehead atoms. The summed E-state index contributed by atoms with van der Waals surface area (Å²) in [6.07, 6.45) is 18.4. The molecule has 2 aliphatic heterocycles. The van der Waals surface area contributed by atoms with Gasteiger partial charge in [0.15, 0.2) is 29.4 Å². The SMILES string of the molecule is CCCCCCCCCCCCCCCCCN(C[C@H]1C[C@@H](OC)[C@H](n2ccc(NC(=O)c3ccccc3)nc2=O)O1)C(=O)C[C@H]1[C@@H](OC)[C@H](n2cnc3c(NC(=O)c4ccccc4)ncnc32)O[C@@H]1COC(c1ccccc1)(c1ccc(OC)cc1)c1ccc(OC)cc1. The van der Waals surface area contributed by atoms with Gasteiger partial charge < -0.3 is 48.7 Å². The number of imidazole rings is 1. The average Bonchev–Trinajstić information content (AvgIpc) is 1.74. The summed E-state index contributed by atoms with van der Waals surface area (Å²) in [6, 6.07) is 44.7. The Kier molecular flexibility index (Phi) is 25.2. The molecule has 20 nitrogen and oxygen atoms in total. The van der Waals surface area contributed by atoms with Crippen molar-refractivity contribution in [2.45, 2.75) is 159 Å². The van der Waals surface area contributed by atoms with Crippen LogP contribution in [-0.2, 0) is 34.1 Å². The Morgan fingerprint density at radius 3 is 1.69 bits per heavy atom. The van der Waals surface area contributed by atoms with E-state index >= 15 is 4.79 Å². The molecule has 0 saturated carbocycles. The lowest BCUT2D eigenvalue weighted by Crippen LogP contribution is -2.43. The lowest BCUT2D eigenvalue weighted by molar-refractivity contribution is -0.137. The minimum atomic E-state index is -1.25. The molecule has 10 rings (SSSR count). The van der Waals surface area contributed by atoms with Crippen LogP contribution in [0.5, 0.6) is 11.5 Å². The van der Waals surface area contributed by atoms with E-state index in [2.05, 4.69) is 27.5 Å². The van der Waals surface area contributed by atoms with E-state index < -0.39 is 60.0 Å². The van der Waals surface area contributed by atoms with Gasteiger partial charge in [-0.3, -0.25) is 23.5 Å². The minimum absolute atomic E-state index is 0.0332. The van der Waals surface area contributed by atoms with Gasteiger partial charge in [0, 0.05) is 63.4 Å². The highest BCUT2D eigenvalue weighted by atomic mass is 16.6. The number of anilines is 2. The van der Waals surface area contributed by atoms with Gasteiger partial charge in [-0.05, 0) is 77.7 Å². The van der Waals surface area contributed by atoms with Gasteiger partial charge in [0.1, 0.15) is 41.5 Å². The highest BCUT2D eigenvalue weighted by molar-refractivity contribution is 6.06. The Balaban J connectivity index is 0.942. The second-order valence-corrected chi connectivity index (χ2v) is 24.6. The predicted molar refractivity (Wildman–Crippen MR) is 365 cm³/mol. The second-order valence-electron chi connectivity index (χ2n) is 24.6. The quantitative estimate of drug-likeness (QED) is 0.0275. The molecule has 3 aromatic heterocycles. The van der Waals surface area contributed by atoms with Crippen LogP contribution < -0.4 is 25.8 Å². The lowest BCUT2D eigenvalue weighted by atomic mass is 9.79. The highest BCUT2D eigenvalue weighted by Crippen LogP contribution is 2.46. The first-order valence-electron chi connectivity index (χ1n) is 33.7. The molecule has 0 unspecified atom stereocenters. The first-order chi connectivity index (χ1) is 46.5. The maximum absolute atomic E-state index is 15.8. The van der Waals surface area contributed by atoms with E-state index in [4.69, 9.17) is 43.1 Å². The number of ether oxygens (including phenoxy) is 7. The van der Waals surface area contributed by atoms with Crippen molar-refractivity contribution in [2.24, 2.45) is 5.92 Å². The van der Waals surface area contributed by atoms with Gasteiger partial charge in [-0.15, -0.1) is 0 Å². The van der Waals surface area contributed by atoms with Gasteiger partial charge in [0.25, 0.3) is 11.8 Å². The van der Waals surface area contributed by atoms with Crippen molar-refractivity contribution in [3.63, 3.8) is 0 Å². The van der Waals surface area contributed by atoms with E-state index in [1.165, 1.54) is 81.5 Å². The zero-order valence-corrected chi connectivity index (χ0v) is 55.4. The minimum Gasteiger partial charge on any atom is -0.497 e. The number of nitrogens with zero attached hydrogens (tertiary/aromatic N) is 7. The standard InChI is InChI=1S/C75H91N9O11/c1-6-7-8-9-10-11-12-13-14-15-16-17-18-19-29-45-82(49-60-47-62(91-4)72(94-60)83-46-44-64(80-74(83)88)79-70(86)53-30-23-20-24-31-53)65(85)48-61-63(95-73(67(61)92-5)84-52-78-66-68(76-51-77-69(66)84)81-71(87)54-32-25-21-26-33-54)50-93-75(55-34-27-22-28-35-55,56-36-40-58(89-2)41-37-56)57-38-42-59(90-3)43-39-57/h20-28,30-44,46,51-52,60-63,67,72-73H,6-19,29,45,47-50H2,1-5H3,(H,76,77,81,87)(H,79,80,86,88)/t60-,61-,62-,63-,67-,72-,73-/m1/s1. The van der Waals surface area contributed by atoms with Crippen LogP contribution >= 0.6 is 0 Å². The van der Waals surface area contributed by atoms with E-state index in [-0.39, 0.29) is 43.0 Å². The zero-order chi connectivity index (χ0) is 66.4. The Hall–Kier alpha value is -8.66. The number of benzene rings is 5. The molecule has 7 atom stereocenters. The topological polar surface area (TPSA) is 222 Å². The number of nitrogens with one attached hydrogen (secondary N) is 2. The van der Waals surface area contributed by atoms with Crippen LogP contribution in [-0.4, -0.2) is 124 Å². The Morgan fingerprint density at radius 1 is 0.600 bits per heavy atom. The van der Waals surface area contributed by atoms with Crippen LogP contribution in [0.15, 0.2) is 169 Å². The molecule has 0 aliphatic carbocycles.